The lowest BCUT2D eigenvalue weighted by Crippen LogP contribution is -2.31. The number of nitrogens with one attached hydrogen (secondary N) is 1. The summed E-state index contributed by atoms with van der Waals surface area (Å²) in [4.78, 5) is 2.56. The lowest BCUT2D eigenvalue weighted by Gasteiger charge is -2.26. The third kappa shape index (κ3) is 6.18. The van der Waals surface area contributed by atoms with E-state index in [0.717, 1.165) is 13.1 Å². The minimum absolute atomic E-state index is 0.620. The van der Waals surface area contributed by atoms with Crippen LogP contribution in [0.1, 0.15) is 38.7 Å². The van der Waals surface area contributed by atoms with Crippen LogP contribution in [0.3, 0.4) is 0 Å². The molecule has 0 saturated heterocycles. The Morgan fingerprint density at radius 2 is 1.78 bits per heavy atom. The van der Waals surface area contributed by atoms with Crippen molar-refractivity contribution >= 4 is 0 Å². The van der Waals surface area contributed by atoms with E-state index < -0.39 is 0 Å². The smallest absolute Gasteiger partial charge is 0.0236 e. The van der Waals surface area contributed by atoms with E-state index in [-0.39, 0.29) is 0 Å². The summed E-state index contributed by atoms with van der Waals surface area (Å²) in [6.07, 6.45) is 3.90. The lowest BCUT2D eigenvalue weighted by molar-refractivity contribution is 0.208. The minimum atomic E-state index is 0.620. The van der Waals surface area contributed by atoms with Gasteiger partial charge in [0.05, 0.1) is 0 Å². The summed E-state index contributed by atoms with van der Waals surface area (Å²) < 4.78 is 0. The number of unbranched alkanes of at least 4 members (excludes halogenated alkanes) is 2. The Bertz CT molecular complexity index is 295. The normalized spacial score (nSPS) is 11.4. The van der Waals surface area contributed by atoms with Crippen molar-refractivity contribution in [2.45, 2.75) is 45.7 Å². The summed E-state index contributed by atoms with van der Waals surface area (Å²) in [5, 5.41) is 3.20. The Morgan fingerprint density at radius 3 is 2.39 bits per heavy atom. The molecule has 0 unspecified atom stereocenters. The molecule has 0 heterocycles. The molecule has 1 rings (SSSR count). The van der Waals surface area contributed by atoms with Crippen molar-refractivity contribution in [1.29, 1.82) is 0 Å². The Kier molecular flexibility index (Phi) is 7.70. The van der Waals surface area contributed by atoms with Crippen LogP contribution in [-0.4, -0.2) is 31.1 Å². The fourth-order valence-corrected chi connectivity index (χ4v) is 2.13. The van der Waals surface area contributed by atoms with Crippen molar-refractivity contribution in [2.75, 3.05) is 20.1 Å². The quantitative estimate of drug-likeness (QED) is 0.675. The molecule has 0 bridgehead atoms. The SMILES string of the molecule is CNCCCCCN(Cc1ccccc1)C(C)C. The van der Waals surface area contributed by atoms with Crippen LogP contribution in [0, 0.1) is 0 Å². The van der Waals surface area contributed by atoms with Crippen LogP contribution < -0.4 is 5.32 Å². The van der Waals surface area contributed by atoms with Crippen molar-refractivity contribution in [3.05, 3.63) is 35.9 Å². The van der Waals surface area contributed by atoms with Gasteiger partial charge in [0.2, 0.25) is 0 Å². The third-order valence-corrected chi connectivity index (χ3v) is 3.33. The average Bonchev–Trinajstić information content (AvgIpc) is 2.38. The molecule has 1 aromatic rings. The highest BCUT2D eigenvalue weighted by atomic mass is 15.1. The first-order valence-corrected chi connectivity index (χ1v) is 7.16. The summed E-state index contributed by atoms with van der Waals surface area (Å²) in [6, 6.07) is 11.4. The first kappa shape index (κ1) is 15.2. The standard InChI is InChI=1S/C16H28N2/c1-15(2)18(13-9-5-8-12-17-3)14-16-10-6-4-7-11-16/h4,6-7,10-11,15,17H,5,8-9,12-14H2,1-3H3. The molecule has 2 nitrogen and oxygen atoms in total. The first-order chi connectivity index (χ1) is 8.74. The molecule has 102 valence electrons. The molecule has 1 N–H and O–H groups in total. The largest absolute Gasteiger partial charge is 0.320 e. The van der Waals surface area contributed by atoms with Gasteiger partial charge in [0.25, 0.3) is 0 Å². The van der Waals surface area contributed by atoms with Crippen LogP contribution in [0.5, 0.6) is 0 Å². The summed E-state index contributed by atoms with van der Waals surface area (Å²) in [5.74, 6) is 0. The number of hydrogen-bond acceptors (Lipinski definition) is 2. The van der Waals surface area contributed by atoms with Crippen molar-refractivity contribution in [2.24, 2.45) is 0 Å². The second kappa shape index (κ2) is 9.12. The van der Waals surface area contributed by atoms with E-state index in [9.17, 15) is 0 Å². The maximum absolute atomic E-state index is 3.20. The number of nitrogens with zero attached hydrogens (tertiary/aromatic N) is 1. The van der Waals surface area contributed by atoms with Gasteiger partial charge < -0.3 is 5.32 Å². The molecule has 0 aromatic heterocycles. The summed E-state index contributed by atoms with van der Waals surface area (Å²) in [6.45, 7) is 7.99. The van der Waals surface area contributed by atoms with E-state index in [1.165, 1.54) is 31.4 Å². The molecular formula is C16H28N2. The van der Waals surface area contributed by atoms with E-state index >= 15 is 0 Å². The fourth-order valence-electron chi connectivity index (χ4n) is 2.13. The van der Waals surface area contributed by atoms with Gasteiger partial charge in [-0.3, -0.25) is 4.90 Å². The molecule has 0 amide bonds. The summed E-state index contributed by atoms with van der Waals surface area (Å²) in [7, 11) is 2.02. The molecule has 2 heteroatoms. The molecule has 0 aliphatic carbocycles. The number of benzene rings is 1. The van der Waals surface area contributed by atoms with E-state index in [2.05, 4.69) is 54.4 Å². The number of hydrogen-bond donors (Lipinski definition) is 1. The highest BCUT2D eigenvalue weighted by Crippen LogP contribution is 2.09. The van der Waals surface area contributed by atoms with Crippen LogP contribution in [-0.2, 0) is 6.54 Å². The van der Waals surface area contributed by atoms with Crippen LogP contribution in [0.4, 0.5) is 0 Å². The molecular weight excluding hydrogens is 220 g/mol. The summed E-state index contributed by atoms with van der Waals surface area (Å²) >= 11 is 0. The van der Waals surface area contributed by atoms with E-state index in [0.29, 0.717) is 6.04 Å². The van der Waals surface area contributed by atoms with Crippen molar-refractivity contribution in [3.63, 3.8) is 0 Å². The zero-order chi connectivity index (χ0) is 13.2. The topological polar surface area (TPSA) is 15.3 Å². The zero-order valence-electron chi connectivity index (χ0n) is 12.2. The van der Waals surface area contributed by atoms with Crippen molar-refractivity contribution in [3.8, 4) is 0 Å². The molecule has 0 aliphatic rings. The van der Waals surface area contributed by atoms with Gasteiger partial charge in [0.1, 0.15) is 0 Å². The molecule has 0 spiro atoms. The van der Waals surface area contributed by atoms with Gasteiger partial charge >= 0.3 is 0 Å². The van der Waals surface area contributed by atoms with Gasteiger partial charge in [-0.15, -0.1) is 0 Å². The van der Waals surface area contributed by atoms with Gasteiger partial charge in [0, 0.05) is 12.6 Å². The fraction of sp³-hybridized carbons (Fsp3) is 0.625. The van der Waals surface area contributed by atoms with Crippen molar-refractivity contribution in [1.82, 2.24) is 10.2 Å². The van der Waals surface area contributed by atoms with Gasteiger partial charge in [-0.2, -0.15) is 0 Å². The van der Waals surface area contributed by atoms with E-state index in [4.69, 9.17) is 0 Å². The van der Waals surface area contributed by atoms with Crippen LogP contribution in [0.2, 0.25) is 0 Å². The van der Waals surface area contributed by atoms with Gasteiger partial charge in [-0.05, 0) is 52.4 Å². The molecule has 0 radical (unpaired) electrons. The second-order valence-electron chi connectivity index (χ2n) is 5.21. The molecule has 0 aliphatic heterocycles. The first-order valence-electron chi connectivity index (χ1n) is 7.16. The zero-order valence-corrected chi connectivity index (χ0v) is 12.2. The highest BCUT2D eigenvalue weighted by molar-refractivity contribution is 5.14. The van der Waals surface area contributed by atoms with Crippen LogP contribution >= 0.6 is 0 Å². The monoisotopic (exact) mass is 248 g/mol. The van der Waals surface area contributed by atoms with E-state index in [1.807, 2.05) is 7.05 Å². The maximum Gasteiger partial charge on any atom is 0.0236 e. The molecule has 0 atom stereocenters. The lowest BCUT2D eigenvalue weighted by atomic mass is 10.1. The second-order valence-corrected chi connectivity index (χ2v) is 5.21. The Labute approximate surface area is 112 Å². The molecule has 18 heavy (non-hydrogen) atoms. The number of rotatable bonds is 9. The van der Waals surface area contributed by atoms with Gasteiger partial charge in [-0.25, -0.2) is 0 Å². The Hall–Kier alpha value is -0.860. The predicted molar refractivity (Wildman–Crippen MR) is 79.8 cm³/mol. The summed E-state index contributed by atoms with van der Waals surface area (Å²) in [5.41, 5.74) is 1.42. The minimum Gasteiger partial charge on any atom is -0.320 e. The molecule has 1 aromatic carbocycles. The highest BCUT2D eigenvalue weighted by Gasteiger charge is 2.09. The Balaban J connectivity index is 2.32. The van der Waals surface area contributed by atoms with E-state index in [1.54, 1.807) is 0 Å². The Morgan fingerprint density at radius 1 is 1.06 bits per heavy atom. The predicted octanol–water partition coefficient (Wildman–Crippen LogP) is 3.29. The van der Waals surface area contributed by atoms with Gasteiger partial charge in [0.15, 0.2) is 0 Å². The van der Waals surface area contributed by atoms with Gasteiger partial charge in [-0.1, -0.05) is 36.8 Å². The molecule has 0 fully saturated rings. The maximum atomic E-state index is 3.20. The van der Waals surface area contributed by atoms with Crippen LogP contribution in [0.15, 0.2) is 30.3 Å². The molecule has 0 saturated carbocycles. The third-order valence-electron chi connectivity index (χ3n) is 3.33. The van der Waals surface area contributed by atoms with Crippen molar-refractivity contribution < 1.29 is 0 Å². The van der Waals surface area contributed by atoms with Crippen LogP contribution in [0.25, 0.3) is 0 Å². The average molecular weight is 248 g/mol.